The van der Waals surface area contributed by atoms with Crippen LogP contribution in [0, 0.1) is 0 Å². The van der Waals surface area contributed by atoms with Gasteiger partial charge in [-0.1, -0.05) is 60.7 Å². The van der Waals surface area contributed by atoms with Gasteiger partial charge in [0.2, 0.25) is 0 Å². The molecule has 0 aliphatic rings. The van der Waals surface area contributed by atoms with Crippen LogP contribution in [0.15, 0.2) is 85.2 Å². The number of aldehydes is 1. The Hall–Kier alpha value is -3.37. The number of carbonyl (C=O) groups is 1. The molecule has 0 aliphatic carbocycles. The van der Waals surface area contributed by atoms with E-state index in [9.17, 15) is 4.79 Å². The summed E-state index contributed by atoms with van der Waals surface area (Å²) in [6.45, 7) is 0.0866. The Bertz CT molecular complexity index is 940. The number of nitrogens with one attached hydrogen (secondary N) is 2. The predicted octanol–water partition coefficient (Wildman–Crippen LogP) is 4.67. The highest BCUT2D eigenvalue weighted by molar-refractivity contribution is 5.78. The summed E-state index contributed by atoms with van der Waals surface area (Å²) in [7, 11) is 0. The second-order valence-corrected chi connectivity index (χ2v) is 5.78. The molecule has 130 valence electrons. The minimum Gasteiger partial charge on any atom is -0.392 e. The molecule has 0 unspecified atom stereocenters. The van der Waals surface area contributed by atoms with Crippen molar-refractivity contribution in [3.63, 3.8) is 0 Å². The quantitative estimate of drug-likeness (QED) is 0.471. The number of carbonyl (C=O) groups excluding carboxylic acids is 1. The van der Waals surface area contributed by atoms with Crippen molar-refractivity contribution < 1.29 is 9.90 Å². The van der Waals surface area contributed by atoms with Gasteiger partial charge in [-0.15, -0.1) is 0 Å². The van der Waals surface area contributed by atoms with Crippen molar-refractivity contribution >= 4 is 6.29 Å². The number of aliphatic hydroxyl groups excluding tert-OH is 1. The third-order valence-corrected chi connectivity index (χ3v) is 3.94. The van der Waals surface area contributed by atoms with E-state index in [1.807, 2.05) is 79.0 Å². The second kappa shape index (κ2) is 8.65. The topological polar surface area (TPSA) is 68.9 Å². The van der Waals surface area contributed by atoms with Gasteiger partial charge >= 0.3 is 0 Å². The Morgan fingerprint density at radius 1 is 0.769 bits per heavy atom. The maximum Gasteiger partial charge on any atom is 0.151 e. The molecule has 2 heterocycles. The molecule has 0 aliphatic heterocycles. The van der Waals surface area contributed by atoms with Crippen molar-refractivity contribution in [2.24, 2.45) is 0 Å². The summed E-state index contributed by atoms with van der Waals surface area (Å²) < 4.78 is 0. The van der Waals surface area contributed by atoms with E-state index in [-0.39, 0.29) is 6.61 Å². The number of hydrogen-bond acceptors (Lipinski definition) is 2. The Balaban J connectivity index is 0.000000151. The minimum absolute atomic E-state index is 0.0866. The van der Waals surface area contributed by atoms with E-state index in [2.05, 4.69) is 9.97 Å². The lowest BCUT2D eigenvalue weighted by atomic mass is 10.1. The van der Waals surface area contributed by atoms with Crippen molar-refractivity contribution in [3.8, 4) is 22.5 Å². The molecule has 3 N–H and O–H groups in total. The largest absolute Gasteiger partial charge is 0.392 e. The van der Waals surface area contributed by atoms with Gasteiger partial charge in [0, 0.05) is 29.3 Å². The SMILES string of the molecule is O=Cc1c[nH]c(-c2ccccc2)c1.OCc1c[nH]c(-c2ccccc2)c1. The average molecular weight is 344 g/mol. The van der Waals surface area contributed by atoms with Crippen LogP contribution in [0.5, 0.6) is 0 Å². The van der Waals surface area contributed by atoms with Crippen LogP contribution >= 0.6 is 0 Å². The van der Waals surface area contributed by atoms with Gasteiger partial charge in [-0.25, -0.2) is 0 Å². The van der Waals surface area contributed by atoms with E-state index in [0.717, 1.165) is 34.4 Å². The van der Waals surface area contributed by atoms with Crippen LogP contribution in [0.25, 0.3) is 22.5 Å². The third kappa shape index (κ3) is 4.37. The molecule has 0 saturated heterocycles. The summed E-state index contributed by atoms with van der Waals surface area (Å²) in [6.07, 6.45) is 4.36. The first-order valence-electron chi connectivity index (χ1n) is 8.32. The van der Waals surface area contributed by atoms with Crippen molar-refractivity contribution in [1.82, 2.24) is 9.97 Å². The van der Waals surface area contributed by atoms with Crippen LogP contribution in [-0.2, 0) is 6.61 Å². The van der Waals surface area contributed by atoms with Crippen LogP contribution in [0.4, 0.5) is 0 Å². The first kappa shape index (κ1) is 17.5. The Kier molecular flexibility index (Phi) is 5.80. The van der Waals surface area contributed by atoms with E-state index >= 15 is 0 Å². The number of rotatable bonds is 4. The van der Waals surface area contributed by atoms with Crippen LogP contribution < -0.4 is 0 Å². The highest BCUT2D eigenvalue weighted by Crippen LogP contribution is 2.18. The molecule has 0 atom stereocenters. The zero-order valence-electron chi connectivity index (χ0n) is 14.2. The van der Waals surface area contributed by atoms with Crippen LogP contribution in [-0.4, -0.2) is 21.4 Å². The summed E-state index contributed by atoms with van der Waals surface area (Å²) >= 11 is 0. The highest BCUT2D eigenvalue weighted by atomic mass is 16.3. The predicted molar refractivity (Wildman–Crippen MR) is 104 cm³/mol. The lowest BCUT2D eigenvalue weighted by Gasteiger charge is -1.94. The highest BCUT2D eigenvalue weighted by Gasteiger charge is 2.00. The smallest absolute Gasteiger partial charge is 0.151 e. The fourth-order valence-electron chi connectivity index (χ4n) is 2.58. The van der Waals surface area contributed by atoms with Crippen LogP contribution in [0.3, 0.4) is 0 Å². The van der Waals surface area contributed by atoms with Gasteiger partial charge in [-0.05, 0) is 28.8 Å². The molecule has 0 spiro atoms. The van der Waals surface area contributed by atoms with Gasteiger partial charge in [-0.3, -0.25) is 4.79 Å². The number of aromatic nitrogens is 2. The minimum atomic E-state index is 0.0866. The molecule has 4 aromatic rings. The molecule has 26 heavy (non-hydrogen) atoms. The summed E-state index contributed by atoms with van der Waals surface area (Å²) in [4.78, 5) is 16.6. The maximum atomic E-state index is 10.4. The Morgan fingerprint density at radius 3 is 1.77 bits per heavy atom. The lowest BCUT2D eigenvalue weighted by molar-refractivity contribution is 0.112. The molecule has 0 fully saturated rings. The van der Waals surface area contributed by atoms with Gasteiger partial charge in [0.25, 0.3) is 0 Å². The van der Waals surface area contributed by atoms with Gasteiger partial charge < -0.3 is 15.1 Å². The summed E-state index contributed by atoms with van der Waals surface area (Å²) in [5.74, 6) is 0. The van der Waals surface area contributed by atoms with Crippen molar-refractivity contribution in [1.29, 1.82) is 0 Å². The van der Waals surface area contributed by atoms with Crippen LogP contribution in [0.1, 0.15) is 15.9 Å². The molecule has 2 aromatic carbocycles. The summed E-state index contributed by atoms with van der Waals surface area (Å²) in [6, 6.07) is 23.7. The molecular formula is C22H20N2O2. The molecule has 0 amide bonds. The molecule has 0 bridgehead atoms. The zero-order chi connectivity index (χ0) is 18.2. The van der Waals surface area contributed by atoms with Gasteiger partial charge in [0.05, 0.1) is 6.61 Å². The molecular weight excluding hydrogens is 324 g/mol. The van der Waals surface area contributed by atoms with E-state index in [1.165, 1.54) is 0 Å². The van der Waals surface area contributed by atoms with Gasteiger partial charge in [-0.2, -0.15) is 0 Å². The average Bonchev–Trinajstić information content (AvgIpc) is 3.39. The Morgan fingerprint density at radius 2 is 1.31 bits per heavy atom. The molecule has 4 nitrogen and oxygen atoms in total. The van der Waals surface area contributed by atoms with Gasteiger partial charge in [0.1, 0.15) is 0 Å². The fourth-order valence-corrected chi connectivity index (χ4v) is 2.58. The maximum absolute atomic E-state index is 10.4. The zero-order valence-corrected chi connectivity index (χ0v) is 14.2. The molecule has 0 saturated carbocycles. The summed E-state index contributed by atoms with van der Waals surface area (Å²) in [5.41, 5.74) is 5.85. The van der Waals surface area contributed by atoms with E-state index < -0.39 is 0 Å². The first-order valence-corrected chi connectivity index (χ1v) is 8.32. The third-order valence-electron chi connectivity index (χ3n) is 3.94. The number of aliphatic hydroxyl groups is 1. The number of benzene rings is 2. The molecule has 0 radical (unpaired) electrons. The number of aromatic amines is 2. The van der Waals surface area contributed by atoms with E-state index in [0.29, 0.717) is 5.56 Å². The van der Waals surface area contributed by atoms with Crippen molar-refractivity contribution in [2.45, 2.75) is 6.61 Å². The lowest BCUT2D eigenvalue weighted by Crippen LogP contribution is -1.75. The molecule has 4 rings (SSSR count). The fraction of sp³-hybridized carbons (Fsp3) is 0.0455. The normalized spacial score (nSPS) is 10.0. The van der Waals surface area contributed by atoms with Gasteiger partial charge in [0.15, 0.2) is 6.29 Å². The van der Waals surface area contributed by atoms with E-state index in [4.69, 9.17) is 5.11 Å². The number of H-pyrrole nitrogens is 2. The Labute approximate surface area is 152 Å². The summed E-state index contributed by atoms with van der Waals surface area (Å²) in [5, 5.41) is 8.88. The van der Waals surface area contributed by atoms with Crippen LogP contribution in [0.2, 0.25) is 0 Å². The first-order chi connectivity index (χ1) is 12.8. The second-order valence-electron chi connectivity index (χ2n) is 5.78. The van der Waals surface area contributed by atoms with Crippen molar-refractivity contribution in [3.05, 3.63) is 96.3 Å². The molecule has 4 heteroatoms. The number of hydrogen-bond donors (Lipinski definition) is 3. The van der Waals surface area contributed by atoms with Crippen molar-refractivity contribution in [2.75, 3.05) is 0 Å². The van der Waals surface area contributed by atoms with E-state index in [1.54, 1.807) is 6.20 Å². The molecule has 2 aromatic heterocycles. The standard InChI is InChI=1S/C11H11NO.C11H9NO/c2*13-8-9-6-11(12-7-9)10-4-2-1-3-5-10/h1-7,12-13H,8H2;1-8,12H. The monoisotopic (exact) mass is 344 g/mol.